The predicted octanol–water partition coefficient (Wildman–Crippen LogP) is 1.12. The molecule has 0 bridgehead atoms. The molecule has 0 aromatic rings. The first-order valence-electron chi connectivity index (χ1n) is 5.78. The lowest BCUT2D eigenvalue weighted by atomic mass is 10.1. The van der Waals surface area contributed by atoms with Gasteiger partial charge in [-0.1, -0.05) is 19.8 Å². The number of carbonyl (C=O) groups is 1. The van der Waals surface area contributed by atoms with Crippen LogP contribution in [0.1, 0.15) is 39.0 Å². The van der Waals surface area contributed by atoms with Crippen molar-refractivity contribution in [3.63, 3.8) is 0 Å². The number of likely N-dealkylation sites (tertiary alicyclic amines) is 1. The molecule has 2 aliphatic rings. The first-order chi connectivity index (χ1) is 6.72. The molecule has 0 aromatic carbocycles. The summed E-state index contributed by atoms with van der Waals surface area (Å²) in [5, 5.41) is 0. The number of amides is 1. The van der Waals surface area contributed by atoms with Gasteiger partial charge < -0.3 is 10.6 Å². The fourth-order valence-electron chi connectivity index (χ4n) is 2.34. The van der Waals surface area contributed by atoms with Crippen LogP contribution in [0.25, 0.3) is 0 Å². The van der Waals surface area contributed by atoms with Gasteiger partial charge in [0.15, 0.2) is 0 Å². The molecule has 2 atom stereocenters. The summed E-state index contributed by atoms with van der Waals surface area (Å²) in [6, 6.07) is 0.242. The van der Waals surface area contributed by atoms with Gasteiger partial charge in [-0.3, -0.25) is 4.79 Å². The van der Waals surface area contributed by atoms with E-state index in [4.69, 9.17) is 5.73 Å². The Kier molecular flexibility index (Phi) is 2.77. The van der Waals surface area contributed by atoms with Gasteiger partial charge in [-0.05, 0) is 25.2 Å². The molecule has 2 fully saturated rings. The van der Waals surface area contributed by atoms with Crippen molar-refractivity contribution in [2.45, 2.75) is 51.1 Å². The van der Waals surface area contributed by atoms with Gasteiger partial charge >= 0.3 is 0 Å². The van der Waals surface area contributed by atoms with E-state index >= 15 is 0 Å². The summed E-state index contributed by atoms with van der Waals surface area (Å²) in [6.45, 7) is 3.05. The summed E-state index contributed by atoms with van der Waals surface area (Å²) in [7, 11) is 0. The molecule has 1 heterocycles. The molecule has 14 heavy (non-hydrogen) atoms. The van der Waals surface area contributed by atoms with Crippen molar-refractivity contribution >= 4 is 5.91 Å². The Labute approximate surface area is 85.6 Å². The van der Waals surface area contributed by atoms with Gasteiger partial charge in [0.05, 0.1) is 6.04 Å². The fourth-order valence-corrected chi connectivity index (χ4v) is 2.34. The van der Waals surface area contributed by atoms with Crippen molar-refractivity contribution in [1.82, 2.24) is 4.90 Å². The molecule has 0 radical (unpaired) electrons. The molecule has 2 N–H and O–H groups in total. The number of rotatable bonds is 4. The van der Waals surface area contributed by atoms with Crippen LogP contribution in [0.4, 0.5) is 0 Å². The van der Waals surface area contributed by atoms with Crippen molar-refractivity contribution in [2.75, 3.05) is 6.54 Å². The predicted molar refractivity (Wildman–Crippen MR) is 55.7 cm³/mol. The third kappa shape index (κ3) is 1.92. The average molecular weight is 196 g/mol. The summed E-state index contributed by atoms with van der Waals surface area (Å²) in [4.78, 5) is 13.7. The monoisotopic (exact) mass is 196 g/mol. The van der Waals surface area contributed by atoms with Gasteiger partial charge in [0.1, 0.15) is 0 Å². The standard InChI is InChI=1S/C11H20N2O/c1-2-9(7-8-3-4-8)13-6-5-10(12)11(13)14/h8-10H,2-7,12H2,1H3. The van der Waals surface area contributed by atoms with Gasteiger partial charge in [-0.15, -0.1) is 0 Å². The van der Waals surface area contributed by atoms with Gasteiger partial charge in [-0.2, -0.15) is 0 Å². The zero-order valence-electron chi connectivity index (χ0n) is 8.91. The summed E-state index contributed by atoms with van der Waals surface area (Å²) >= 11 is 0. The largest absolute Gasteiger partial charge is 0.338 e. The number of hydrogen-bond acceptors (Lipinski definition) is 2. The van der Waals surface area contributed by atoms with E-state index in [0.29, 0.717) is 6.04 Å². The quantitative estimate of drug-likeness (QED) is 0.732. The van der Waals surface area contributed by atoms with E-state index in [-0.39, 0.29) is 11.9 Å². The van der Waals surface area contributed by atoms with E-state index in [0.717, 1.165) is 25.3 Å². The number of carbonyl (C=O) groups excluding carboxylic acids is 1. The number of nitrogens with zero attached hydrogens (tertiary/aromatic N) is 1. The number of nitrogens with two attached hydrogens (primary N) is 1. The average Bonchev–Trinajstić information content (AvgIpc) is 2.94. The molecule has 80 valence electrons. The molecule has 1 saturated carbocycles. The lowest BCUT2D eigenvalue weighted by Gasteiger charge is -2.27. The van der Waals surface area contributed by atoms with Crippen LogP contribution in [0.2, 0.25) is 0 Å². The molecule has 3 heteroatoms. The molecular weight excluding hydrogens is 176 g/mol. The highest BCUT2D eigenvalue weighted by Gasteiger charge is 2.35. The van der Waals surface area contributed by atoms with Crippen molar-refractivity contribution in [3.8, 4) is 0 Å². The Bertz CT molecular complexity index is 225. The van der Waals surface area contributed by atoms with E-state index in [1.807, 2.05) is 4.90 Å². The topological polar surface area (TPSA) is 46.3 Å². The number of hydrogen-bond donors (Lipinski definition) is 1. The highest BCUT2D eigenvalue weighted by atomic mass is 16.2. The maximum Gasteiger partial charge on any atom is 0.239 e. The molecular formula is C11H20N2O. The summed E-state index contributed by atoms with van der Waals surface area (Å²) in [5.41, 5.74) is 5.72. The van der Waals surface area contributed by atoms with Gasteiger partial charge in [0.25, 0.3) is 0 Å². The second kappa shape index (κ2) is 3.89. The molecule has 1 aliphatic carbocycles. The van der Waals surface area contributed by atoms with Crippen LogP contribution in [0, 0.1) is 5.92 Å². The lowest BCUT2D eigenvalue weighted by Crippen LogP contribution is -2.40. The zero-order chi connectivity index (χ0) is 10.1. The van der Waals surface area contributed by atoms with E-state index in [9.17, 15) is 4.79 Å². The van der Waals surface area contributed by atoms with Crippen LogP contribution >= 0.6 is 0 Å². The second-order valence-corrected chi connectivity index (χ2v) is 4.67. The minimum absolute atomic E-state index is 0.178. The van der Waals surface area contributed by atoms with Crippen molar-refractivity contribution in [2.24, 2.45) is 11.7 Å². The minimum Gasteiger partial charge on any atom is -0.338 e. The summed E-state index contributed by atoms with van der Waals surface area (Å²) in [6.07, 6.45) is 5.86. The minimum atomic E-state index is -0.219. The van der Waals surface area contributed by atoms with Crippen LogP contribution in [0.15, 0.2) is 0 Å². The first kappa shape index (κ1) is 9.97. The van der Waals surface area contributed by atoms with Gasteiger partial charge in [0, 0.05) is 12.6 Å². The maximum absolute atomic E-state index is 11.7. The molecule has 1 amide bonds. The van der Waals surface area contributed by atoms with Gasteiger partial charge in [0.2, 0.25) is 5.91 Å². The van der Waals surface area contributed by atoms with Crippen LogP contribution in [-0.4, -0.2) is 29.4 Å². The Morgan fingerprint density at radius 2 is 2.21 bits per heavy atom. The molecule has 0 spiro atoms. The molecule has 2 unspecified atom stereocenters. The smallest absolute Gasteiger partial charge is 0.239 e. The maximum atomic E-state index is 11.7. The Morgan fingerprint density at radius 1 is 1.50 bits per heavy atom. The highest BCUT2D eigenvalue weighted by molar-refractivity contribution is 5.84. The second-order valence-electron chi connectivity index (χ2n) is 4.67. The van der Waals surface area contributed by atoms with Crippen LogP contribution in [0.3, 0.4) is 0 Å². The molecule has 3 nitrogen and oxygen atoms in total. The SMILES string of the molecule is CCC(CC1CC1)N1CCC(N)C1=O. The van der Waals surface area contributed by atoms with Crippen molar-refractivity contribution in [3.05, 3.63) is 0 Å². The van der Waals surface area contributed by atoms with Crippen LogP contribution in [0.5, 0.6) is 0 Å². The van der Waals surface area contributed by atoms with E-state index < -0.39 is 0 Å². The van der Waals surface area contributed by atoms with E-state index in [1.54, 1.807) is 0 Å². The fraction of sp³-hybridized carbons (Fsp3) is 0.909. The highest BCUT2D eigenvalue weighted by Crippen LogP contribution is 2.36. The molecule has 0 aromatic heterocycles. The lowest BCUT2D eigenvalue weighted by molar-refractivity contribution is -0.131. The zero-order valence-corrected chi connectivity index (χ0v) is 8.91. The van der Waals surface area contributed by atoms with Crippen LogP contribution < -0.4 is 5.73 Å². The van der Waals surface area contributed by atoms with E-state index in [1.165, 1.54) is 19.3 Å². The summed E-state index contributed by atoms with van der Waals surface area (Å²) < 4.78 is 0. The Morgan fingerprint density at radius 3 is 2.64 bits per heavy atom. The summed E-state index contributed by atoms with van der Waals surface area (Å²) in [5.74, 6) is 1.07. The molecule has 2 rings (SSSR count). The molecule has 1 aliphatic heterocycles. The van der Waals surface area contributed by atoms with E-state index in [2.05, 4.69) is 6.92 Å². The van der Waals surface area contributed by atoms with Gasteiger partial charge in [-0.25, -0.2) is 0 Å². The first-order valence-corrected chi connectivity index (χ1v) is 5.78. The Hall–Kier alpha value is -0.570. The Balaban J connectivity index is 1.93. The normalized spacial score (nSPS) is 29.7. The third-order valence-electron chi connectivity index (χ3n) is 3.50. The van der Waals surface area contributed by atoms with Crippen molar-refractivity contribution in [1.29, 1.82) is 0 Å². The third-order valence-corrected chi connectivity index (χ3v) is 3.50. The van der Waals surface area contributed by atoms with Crippen LogP contribution in [-0.2, 0) is 4.79 Å². The van der Waals surface area contributed by atoms with Crippen molar-refractivity contribution < 1.29 is 4.79 Å². The molecule has 1 saturated heterocycles.